The number of anilines is 1. The topological polar surface area (TPSA) is 42.4 Å². The van der Waals surface area contributed by atoms with Crippen LogP contribution < -0.4 is 9.64 Å². The van der Waals surface area contributed by atoms with Crippen molar-refractivity contribution in [3.63, 3.8) is 0 Å². The highest BCUT2D eigenvalue weighted by atomic mass is 32.1. The second-order valence-electron chi connectivity index (χ2n) is 7.04. The average molecular weight is 421 g/mol. The number of aromatic nitrogens is 1. The Bertz CT molecular complexity index is 1190. The van der Waals surface area contributed by atoms with Crippen molar-refractivity contribution in [2.45, 2.75) is 20.4 Å². The van der Waals surface area contributed by atoms with E-state index in [0.29, 0.717) is 11.7 Å². The van der Waals surface area contributed by atoms with Crippen molar-refractivity contribution >= 4 is 32.6 Å². The normalized spacial score (nSPS) is 10.9. The Kier molecular flexibility index (Phi) is 5.77. The average Bonchev–Trinajstić information content (AvgIpc) is 3.19. The molecule has 0 radical (unpaired) electrons. The summed E-state index contributed by atoms with van der Waals surface area (Å²) >= 11 is 1.46. The summed E-state index contributed by atoms with van der Waals surface area (Å²) in [5.41, 5.74) is 4.13. The SMILES string of the molecule is Cc1ccc2sc(N(Cc3ccccc3)C(=O)COc3ccccc3F)nc2c1C. The molecule has 4 nitrogen and oxygen atoms in total. The zero-order valence-electron chi connectivity index (χ0n) is 16.8. The van der Waals surface area contributed by atoms with Crippen LogP contribution in [0.3, 0.4) is 0 Å². The predicted octanol–water partition coefficient (Wildman–Crippen LogP) is 5.66. The molecule has 1 aromatic heterocycles. The lowest BCUT2D eigenvalue weighted by Gasteiger charge is -2.20. The third-order valence-electron chi connectivity index (χ3n) is 4.98. The molecule has 0 saturated carbocycles. The van der Waals surface area contributed by atoms with E-state index in [2.05, 4.69) is 6.07 Å². The van der Waals surface area contributed by atoms with Crippen LogP contribution in [0.1, 0.15) is 16.7 Å². The van der Waals surface area contributed by atoms with E-state index in [0.717, 1.165) is 26.9 Å². The Hall–Kier alpha value is -3.25. The summed E-state index contributed by atoms with van der Waals surface area (Å²) < 4.78 is 20.4. The van der Waals surface area contributed by atoms with E-state index in [1.165, 1.54) is 23.5 Å². The maximum Gasteiger partial charge on any atom is 0.267 e. The molecule has 3 aromatic carbocycles. The molecular weight excluding hydrogens is 399 g/mol. The van der Waals surface area contributed by atoms with Crippen LogP contribution in [0.25, 0.3) is 10.2 Å². The smallest absolute Gasteiger partial charge is 0.267 e. The van der Waals surface area contributed by atoms with Gasteiger partial charge in [-0.15, -0.1) is 0 Å². The van der Waals surface area contributed by atoms with Gasteiger partial charge in [0.25, 0.3) is 5.91 Å². The standard InChI is InChI=1S/C24H21FN2O2S/c1-16-12-13-21-23(17(16)2)26-24(30-21)27(14-18-8-4-3-5-9-18)22(28)15-29-20-11-7-6-10-19(20)25/h3-13H,14-15H2,1-2H3. The highest BCUT2D eigenvalue weighted by Gasteiger charge is 2.22. The van der Waals surface area contributed by atoms with Gasteiger partial charge in [0.1, 0.15) is 0 Å². The van der Waals surface area contributed by atoms with E-state index in [9.17, 15) is 9.18 Å². The highest BCUT2D eigenvalue weighted by molar-refractivity contribution is 7.22. The van der Waals surface area contributed by atoms with Gasteiger partial charge in [-0.25, -0.2) is 9.37 Å². The summed E-state index contributed by atoms with van der Waals surface area (Å²) in [6, 6.07) is 19.9. The number of rotatable bonds is 6. The van der Waals surface area contributed by atoms with Gasteiger partial charge in [-0.05, 0) is 48.7 Å². The third-order valence-corrected chi connectivity index (χ3v) is 6.02. The lowest BCUT2D eigenvalue weighted by atomic mass is 10.1. The second kappa shape index (κ2) is 8.63. The lowest BCUT2D eigenvalue weighted by molar-refractivity contribution is -0.120. The molecule has 0 unspecified atom stereocenters. The van der Waals surface area contributed by atoms with Gasteiger partial charge in [-0.2, -0.15) is 0 Å². The van der Waals surface area contributed by atoms with Gasteiger partial charge in [0.15, 0.2) is 23.3 Å². The van der Waals surface area contributed by atoms with Crippen LogP contribution in [-0.4, -0.2) is 17.5 Å². The van der Waals surface area contributed by atoms with Gasteiger partial charge in [-0.3, -0.25) is 9.69 Å². The van der Waals surface area contributed by atoms with Crippen LogP contribution >= 0.6 is 11.3 Å². The predicted molar refractivity (Wildman–Crippen MR) is 119 cm³/mol. The first-order valence-electron chi connectivity index (χ1n) is 9.61. The molecule has 0 bridgehead atoms. The number of thiazole rings is 1. The molecule has 0 fully saturated rings. The van der Waals surface area contributed by atoms with Gasteiger partial charge >= 0.3 is 0 Å². The van der Waals surface area contributed by atoms with Crippen molar-refractivity contribution in [1.82, 2.24) is 4.98 Å². The molecule has 30 heavy (non-hydrogen) atoms. The van der Waals surface area contributed by atoms with Crippen molar-refractivity contribution in [2.24, 2.45) is 0 Å². The number of carbonyl (C=O) groups is 1. The molecule has 0 saturated heterocycles. The summed E-state index contributed by atoms with van der Waals surface area (Å²) in [6.45, 7) is 4.16. The van der Waals surface area contributed by atoms with E-state index in [1.54, 1.807) is 17.0 Å². The summed E-state index contributed by atoms with van der Waals surface area (Å²) in [5.74, 6) is -0.720. The molecule has 1 amide bonds. The van der Waals surface area contributed by atoms with E-state index in [1.807, 2.05) is 50.2 Å². The summed E-state index contributed by atoms with van der Waals surface area (Å²) in [4.78, 5) is 19.5. The van der Waals surface area contributed by atoms with Crippen LogP contribution in [0.2, 0.25) is 0 Å². The summed E-state index contributed by atoms with van der Waals surface area (Å²) in [5, 5.41) is 0.602. The van der Waals surface area contributed by atoms with Crippen molar-refractivity contribution in [3.8, 4) is 5.75 Å². The quantitative estimate of drug-likeness (QED) is 0.404. The molecular formula is C24H21FN2O2S. The number of hydrogen-bond donors (Lipinski definition) is 0. The van der Waals surface area contributed by atoms with E-state index in [4.69, 9.17) is 9.72 Å². The largest absolute Gasteiger partial charge is 0.481 e. The molecule has 4 aromatic rings. The van der Waals surface area contributed by atoms with Crippen molar-refractivity contribution in [3.05, 3.63) is 89.2 Å². The summed E-state index contributed by atoms with van der Waals surface area (Å²) in [6.07, 6.45) is 0. The lowest BCUT2D eigenvalue weighted by Crippen LogP contribution is -2.34. The van der Waals surface area contributed by atoms with E-state index in [-0.39, 0.29) is 18.3 Å². The van der Waals surface area contributed by atoms with Crippen LogP contribution in [0.15, 0.2) is 66.7 Å². The Morgan fingerprint density at radius 1 is 1.03 bits per heavy atom. The first-order valence-corrected chi connectivity index (χ1v) is 10.4. The van der Waals surface area contributed by atoms with Crippen molar-refractivity contribution in [2.75, 3.05) is 11.5 Å². The number of nitrogens with zero attached hydrogens (tertiary/aromatic N) is 2. The van der Waals surface area contributed by atoms with E-state index >= 15 is 0 Å². The highest BCUT2D eigenvalue weighted by Crippen LogP contribution is 2.33. The van der Waals surface area contributed by atoms with Gasteiger partial charge in [0.2, 0.25) is 0 Å². The first-order chi connectivity index (χ1) is 14.5. The minimum Gasteiger partial charge on any atom is -0.481 e. The molecule has 1 heterocycles. The Labute approximate surface area is 178 Å². The van der Waals surface area contributed by atoms with Crippen molar-refractivity contribution < 1.29 is 13.9 Å². The van der Waals surface area contributed by atoms with Crippen LogP contribution in [0, 0.1) is 19.7 Å². The molecule has 0 N–H and O–H groups in total. The van der Waals surface area contributed by atoms with Crippen LogP contribution in [0.4, 0.5) is 9.52 Å². The number of fused-ring (bicyclic) bond motifs is 1. The van der Waals surface area contributed by atoms with Crippen molar-refractivity contribution in [1.29, 1.82) is 0 Å². The zero-order chi connectivity index (χ0) is 21.1. The van der Waals surface area contributed by atoms with Crippen LogP contribution in [-0.2, 0) is 11.3 Å². The van der Waals surface area contributed by atoms with Crippen LogP contribution in [0.5, 0.6) is 5.75 Å². The minimum atomic E-state index is -0.494. The number of halogens is 1. The Balaban J connectivity index is 1.65. The summed E-state index contributed by atoms with van der Waals surface area (Å²) in [7, 11) is 0. The number of ether oxygens (including phenoxy) is 1. The third kappa shape index (κ3) is 4.19. The van der Waals surface area contributed by atoms with E-state index < -0.39 is 5.82 Å². The number of benzene rings is 3. The Morgan fingerprint density at radius 3 is 2.53 bits per heavy atom. The van der Waals surface area contributed by atoms with Gasteiger partial charge < -0.3 is 4.74 Å². The molecule has 4 rings (SSSR count). The first kappa shape index (κ1) is 20.0. The number of para-hydroxylation sites is 1. The maximum absolute atomic E-state index is 13.9. The monoisotopic (exact) mass is 420 g/mol. The molecule has 6 heteroatoms. The van der Waals surface area contributed by atoms with Gasteiger partial charge in [0.05, 0.1) is 16.8 Å². The van der Waals surface area contributed by atoms with Gasteiger partial charge in [-0.1, -0.05) is 59.9 Å². The molecule has 0 aliphatic carbocycles. The number of hydrogen-bond acceptors (Lipinski definition) is 4. The minimum absolute atomic E-state index is 0.0567. The Morgan fingerprint density at radius 2 is 1.77 bits per heavy atom. The van der Waals surface area contributed by atoms with Gasteiger partial charge in [0, 0.05) is 0 Å². The fourth-order valence-corrected chi connectivity index (χ4v) is 4.18. The molecule has 0 aliphatic heterocycles. The maximum atomic E-state index is 13.9. The fourth-order valence-electron chi connectivity index (χ4n) is 3.14. The zero-order valence-corrected chi connectivity index (χ0v) is 17.6. The number of aryl methyl sites for hydroxylation is 2. The molecule has 0 spiro atoms. The molecule has 0 aliphatic rings. The fraction of sp³-hybridized carbons (Fsp3) is 0.167. The number of carbonyl (C=O) groups excluding carboxylic acids is 1. The molecule has 0 atom stereocenters. The number of amides is 1. The molecule has 152 valence electrons. The second-order valence-corrected chi connectivity index (χ2v) is 8.04.